The van der Waals surface area contributed by atoms with E-state index in [0.717, 1.165) is 0 Å². The first kappa shape index (κ1) is 36.2. The summed E-state index contributed by atoms with van der Waals surface area (Å²) in [6.45, 7) is 8.25. The monoisotopic (exact) mass is 600 g/mol. The highest BCUT2D eigenvalue weighted by molar-refractivity contribution is 7.51. The molecule has 232 valence electrons. The van der Waals surface area contributed by atoms with Crippen LogP contribution >= 0.6 is 7.60 Å². The third-order valence-corrected chi connectivity index (χ3v) is 7.50. The number of hydrogen-bond acceptors (Lipinski definition) is 9. The fraction of sp³-hybridized carbons (Fsp3) is 0.731. The smallest absolute Gasteiger partial charge is 0.327 e. The van der Waals surface area contributed by atoms with Gasteiger partial charge in [-0.3, -0.25) is 33.2 Å². The molecule has 1 aromatic rings. The third-order valence-electron chi connectivity index (χ3n) is 6.72. The van der Waals surface area contributed by atoms with Crippen LogP contribution < -0.4 is 16.4 Å². The van der Waals surface area contributed by atoms with Gasteiger partial charge in [-0.25, -0.2) is 0 Å². The Kier molecular flexibility index (Phi) is 15.2. The molecule has 0 unspecified atom stereocenters. The van der Waals surface area contributed by atoms with Crippen LogP contribution in [0.3, 0.4) is 0 Å². The van der Waals surface area contributed by atoms with Gasteiger partial charge >= 0.3 is 7.60 Å². The van der Waals surface area contributed by atoms with E-state index < -0.39 is 55.3 Å². The van der Waals surface area contributed by atoms with Crippen molar-refractivity contribution in [3.63, 3.8) is 0 Å². The quantitative estimate of drug-likeness (QED) is 0.103. The number of carbonyl (C=O) groups excluding carboxylic acids is 5. The van der Waals surface area contributed by atoms with Gasteiger partial charge in [0.05, 0.1) is 30.5 Å². The average molecular weight is 601 g/mol. The Morgan fingerprint density at radius 3 is 2.22 bits per heavy atom. The largest absolute Gasteiger partial charge is 0.346 e. The molecule has 41 heavy (non-hydrogen) atoms. The van der Waals surface area contributed by atoms with Crippen molar-refractivity contribution in [3.8, 4) is 0 Å². The van der Waals surface area contributed by atoms with Gasteiger partial charge in [-0.2, -0.15) is 0 Å². The number of unbranched alkanes of at least 4 members (excludes halogenated alkanes) is 1. The van der Waals surface area contributed by atoms with Crippen LogP contribution in [0.15, 0.2) is 6.20 Å². The number of carbonyl (C=O) groups is 5. The van der Waals surface area contributed by atoms with Gasteiger partial charge in [0.2, 0.25) is 11.8 Å². The molecule has 1 rings (SSSR count). The fourth-order valence-corrected chi connectivity index (χ4v) is 4.32. The molecule has 14 nitrogen and oxygen atoms in total. The summed E-state index contributed by atoms with van der Waals surface area (Å²) in [5.41, 5.74) is 5.88. The van der Waals surface area contributed by atoms with Gasteiger partial charge in [0.15, 0.2) is 11.6 Å². The van der Waals surface area contributed by atoms with Gasteiger partial charge in [-0.1, -0.05) is 32.4 Å². The second-order valence-electron chi connectivity index (χ2n) is 10.8. The van der Waals surface area contributed by atoms with Crippen LogP contribution in [0.2, 0.25) is 0 Å². The Labute approximate surface area is 240 Å². The molecular weight excluding hydrogens is 555 g/mol. The number of rotatable bonds is 20. The number of aryl methyl sites for hydroxylation is 1. The van der Waals surface area contributed by atoms with E-state index >= 15 is 0 Å². The molecule has 0 aliphatic heterocycles. The molecule has 15 heteroatoms. The minimum Gasteiger partial charge on any atom is -0.346 e. The van der Waals surface area contributed by atoms with Crippen LogP contribution in [0, 0.1) is 17.8 Å². The number of amides is 2. The molecule has 6 N–H and O–H groups in total. The predicted molar refractivity (Wildman–Crippen MR) is 150 cm³/mol. The van der Waals surface area contributed by atoms with Crippen LogP contribution in [0.5, 0.6) is 0 Å². The zero-order chi connectivity index (χ0) is 31.3. The average Bonchev–Trinajstić information content (AvgIpc) is 3.33. The Morgan fingerprint density at radius 1 is 1.00 bits per heavy atom. The number of nitrogens with zero attached hydrogens (tertiary/aromatic N) is 3. The summed E-state index contributed by atoms with van der Waals surface area (Å²) in [7, 11) is -4.26. The number of hydrogen-bond donors (Lipinski definition) is 5. The van der Waals surface area contributed by atoms with Gasteiger partial charge in [0.1, 0.15) is 5.78 Å². The molecule has 0 aliphatic rings. The van der Waals surface area contributed by atoms with E-state index in [0.29, 0.717) is 25.8 Å². The summed E-state index contributed by atoms with van der Waals surface area (Å²) >= 11 is 0. The second kappa shape index (κ2) is 17.2. The lowest BCUT2D eigenvalue weighted by molar-refractivity contribution is -0.134. The van der Waals surface area contributed by atoms with Crippen LogP contribution in [0.25, 0.3) is 0 Å². The van der Waals surface area contributed by atoms with Crippen molar-refractivity contribution in [3.05, 3.63) is 11.9 Å². The van der Waals surface area contributed by atoms with Crippen LogP contribution in [-0.4, -0.2) is 78.7 Å². The molecule has 1 heterocycles. The normalized spacial score (nSPS) is 14.7. The molecule has 0 fully saturated rings. The van der Waals surface area contributed by atoms with E-state index in [1.165, 1.54) is 31.6 Å². The van der Waals surface area contributed by atoms with Gasteiger partial charge in [0.25, 0.3) is 0 Å². The summed E-state index contributed by atoms with van der Waals surface area (Å²) in [5.74, 6) is -3.50. The standard InChI is InChI=1S/C26H45N6O8P/c1-16(2)23(34)13-20(8-6-7-9-27)26(37)29-22(14-21-15-32(31-30-21)10-11-41(38,39)40)24(35)12-17(3)25(36)28-18(4)19(5)33/h15-18,20,22H,6-14,27H2,1-5H3,(H,28,36)(H,29,37)(H2,38,39,40)/t17-,18+,20-,22+/m1/s1. The lowest BCUT2D eigenvalue weighted by Crippen LogP contribution is -2.47. The van der Waals surface area contributed by atoms with Crippen molar-refractivity contribution < 1.29 is 38.3 Å². The van der Waals surface area contributed by atoms with Gasteiger partial charge in [0, 0.05) is 43.2 Å². The summed E-state index contributed by atoms with van der Waals surface area (Å²) in [6.07, 6.45) is 2.35. The number of ketones is 3. The van der Waals surface area contributed by atoms with Crippen LogP contribution in [0.4, 0.5) is 0 Å². The van der Waals surface area contributed by atoms with E-state index in [4.69, 9.17) is 15.5 Å². The maximum Gasteiger partial charge on any atom is 0.327 e. The zero-order valence-electron chi connectivity index (χ0n) is 24.5. The van der Waals surface area contributed by atoms with Crippen LogP contribution in [0.1, 0.15) is 72.4 Å². The zero-order valence-corrected chi connectivity index (χ0v) is 25.4. The molecule has 0 spiro atoms. The minimum atomic E-state index is -4.26. The SMILES string of the molecule is CC(=O)[C@H](C)NC(=O)[C@H](C)CC(=O)[C@H](Cc1cn(CCP(=O)(O)O)nn1)NC(=O)[C@H](CCCCN)CC(=O)C(C)C. The van der Waals surface area contributed by atoms with E-state index in [9.17, 15) is 28.5 Å². The van der Waals surface area contributed by atoms with Crippen molar-refractivity contribution >= 4 is 36.8 Å². The Bertz CT molecular complexity index is 1100. The van der Waals surface area contributed by atoms with Crippen molar-refractivity contribution in [2.24, 2.45) is 23.5 Å². The summed E-state index contributed by atoms with van der Waals surface area (Å²) in [4.78, 5) is 81.5. The molecule has 0 radical (unpaired) electrons. The Hall–Kier alpha value is -2.80. The molecule has 0 saturated carbocycles. The molecule has 0 saturated heterocycles. The van der Waals surface area contributed by atoms with Gasteiger partial charge in [-0.15, -0.1) is 5.10 Å². The summed E-state index contributed by atoms with van der Waals surface area (Å²) in [5, 5.41) is 13.1. The molecule has 0 bridgehead atoms. The van der Waals surface area contributed by atoms with E-state index in [1.807, 2.05) is 0 Å². The predicted octanol–water partition coefficient (Wildman–Crippen LogP) is 0.533. The van der Waals surface area contributed by atoms with E-state index in [1.54, 1.807) is 13.8 Å². The van der Waals surface area contributed by atoms with Crippen molar-refractivity contribution in [2.75, 3.05) is 12.7 Å². The topological polar surface area (TPSA) is 224 Å². The number of aromatic nitrogens is 3. The summed E-state index contributed by atoms with van der Waals surface area (Å²) in [6, 6.07) is -1.83. The van der Waals surface area contributed by atoms with Crippen LogP contribution in [-0.2, 0) is 41.5 Å². The molecule has 0 aromatic carbocycles. The molecule has 2 amide bonds. The Balaban J connectivity index is 3.15. The van der Waals surface area contributed by atoms with Gasteiger partial charge < -0.3 is 26.2 Å². The molecular formula is C26H45N6O8P. The van der Waals surface area contributed by atoms with Gasteiger partial charge in [-0.05, 0) is 33.2 Å². The van der Waals surface area contributed by atoms with Crippen molar-refractivity contribution in [1.82, 2.24) is 25.6 Å². The molecule has 4 atom stereocenters. The fourth-order valence-electron chi connectivity index (χ4n) is 3.85. The molecule has 1 aromatic heterocycles. The second-order valence-corrected chi connectivity index (χ2v) is 12.6. The maximum absolute atomic E-state index is 13.4. The lowest BCUT2D eigenvalue weighted by Gasteiger charge is -2.23. The highest BCUT2D eigenvalue weighted by Gasteiger charge is 2.30. The maximum atomic E-state index is 13.4. The third kappa shape index (κ3) is 14.1. The highest BCUT2D eigenvalue weighted by atomic mass is 31.2. The minimum absolute atomic E-state index is 0.00921. The summed E-state index contributed by atoms with van der Waals surface area (Å²) < 4.78 is 12.4. The van der Waals surface area contributed by atoms with Crippen molar-refractivity contribution in [2.45, 2.75) is 91.8 Å². The molecule has 0 aliphatic carbocycles. The van der Waals surface area contributed by atoms with E-state index in [2.05, 4.69) is 20.9 Å². The van der Waals surface area contributed by atoms with Crippen molar-refractivity contribution in [1.29, 1.82) is 0 Å². The first-order chi connectivity index (χ1) is 19.0. The van der Waals surface area contributed by atoms with E-state index in [-0.39, 0.29) is 49.0 Å². The first-order valence-electron chi connectivity index (χ1n) is 13.8. The Morgan fingerprint density at radius 2 is 1.66 bits per heavy atom. The lowest BCUT2D eigenvalue weighted by atomic mass is 9.90. The number of nitrogens with one attached hydrogen (secondary N) is 2. The highest BCUT2D eigenvalue weighted by Crippen LogP contribution is 2.33. The number of Topliss-reactive ketones (excluding diaryl/α,β-unsaturated/α-hetero) is 3. The first-order valence-corrected chi connectivity index (χ1v) is 15.6. The number of nitrogens with two attached hydrogens (primary N) is 1.